The molecule has 0 bridgehead atoms. The Bertz CT molecular complexity index is 1190. The van der Waals surface area contributed by atoms with E-state index < -0.39 is 77.8 Å². The number of amides is 2. The first kappa shape index (κ1) is 28.1. The summed E-state index contributed by atoms with van der Waals surface area (Å²) < 4.78 is 81.5. The van der Waals surface area contributed by atoms with Crippen molar-refractivity contribution in [2.75, 3.05) is 25.6 Å². The summed E-state index contributed by atoms with van der Waals surface area (Å²) in [5, 5.41) is 25.5. The lowest BCUT2D eigenvalue weighted by Gasteiger charge is -2.32. The summed E-state index contributed by atoms with van der Waals surface area (Å²) in [5.74, 6) is -8.47. The van der Waals surface area contributed by atoms with E-state index in [4.69, 9.17) is 14.6 Å². The molecule has 14 heteroatoms. The highest BCUT2D eigenvalue weighted by Gasteiger charge is 2.66. The van der Waals surface area contributed by atoms with Gasteiger partial charge < -0.3 is 30.4 Å². The Morgan fingerprint density at radius 1 is 1.27 bits per heavy atom. The van der Waals surface area contributed by atoms with Crippen LogP contribution in [0, 0.1) is 22.8 Å². The quantitative estimate of drug-likeness (QED) is 0.285. The maximum atomic E-state index is 14.6. The predicted octanol–water partition coefficient (Wildman–Crippen LogP) is 2.41. The highest BCUT2D eigenvalue weighted by Crippen LogP contribution is 2.55. The van der Waals surface area contributed by atoms with Gasteiger partial charge >= 0.3 is 12.1 Å². The molecule has 0 saturated carbocycles. The van der Waals surface area contributed by atoms with Gasteiger partial charge in [-0.05, 0) is 13.0 Å². The number of benzene rings is 1. The summed E-state index contributed by atoms with van der Waals surface area (Å²) in [7, 11) is 1.27. The number of halogens is 5. The zero-order chi connectivity index (χ0) is 27.7. The highest BCUT2D eigenvalue weighted by molar-refractivity contribution is 5.97. The van der Waals surface area contributed by atoms with E-state index >= 15 is 0 Å². The zero-order valence-electron chi connectivity index (χ0n) is 19.9. The number of anilines is 1. The lowest BCUT2D eigenvalue weighted by atomic mass is 9.77. The third-order valence-electron chi connectivity index (χ3n) is 6.35. The van der Waals surface area contributed by atoms with Crippen molar-refractivity contribution in [1.29, 1.82) is 0 Å². The van der Waals surface area contributed by atoms with Gasteiger partial charge in [-0.15, -0.1) is 0 Å². The van der Waals surface area contributed by atoms with E-state index in [1.807, 2.05) is 0 Å². The predicted molar refractivity (Wildman–Crippen MR) is 118 cm³/mol. The average molecular weight is 533 g/mol. The molecule has 1 aliphatic heterocycles. The number of alkyl halides is 3. The monoisotopic (exact) mass is 533 g/mol. The zero-order valence-corrected chi connectivity index (χ0v) is 19.9. The van der Waals surface area contributed by atoms with Gasteiger partial charge in [0.2, 0.25) is 5.82 Å². The molecule has 2 amide bonds. The Kier molecular flexibility index (Phi) is 7.93. The molecule has 2 heterocycles. The maximum absolute atomic E-state index is 14.6. The van der Waals surface area contributed by atoms with Crippen LogP contribution >= 0.6 is 0 Å². The molecule has 0 unspecified atom stereocenters. The summed E-state index contributed by atoms with van der Waals surface area (Å²) >= 11 is 0. The van der Waals surface area contributed by atoms with Gasteiger partial charge in [0.15, 0.2) is 23.4 Å². The van der Waals surface area contributed by atoms with Crippen LogP contribution in [0.2, 0.25) is 0 Å². The first-order chi connectivity index (χ1) is 17.3. The Morgan fingerprint density at radius 3 is 2.54 bits per heavy atom. The summed E-state index contributed by atoms with van der Waals surface area (Å²) in [6, 6.07) is 3.79. The molecule has 1 saturated heterocycles. The standard InChI is InChI=1S/C23H24F5N3O6/c1-11-16(13-4-5-14(24)17(25)18(13)36-9-8-32)19(37-22(11,2)23(26,27)28)21(34)30-12-6-7-31(35)15(10-12)20(33)29-3/h4-7,10-11,16,19,32H,8-9H2,1-3H3,(H,29,33)(H,30,34)/t11-,16-,19+,22+/m0/s1. The Morgan fingerprint density at radius 2 is 1.95 bits per heavy atom. The molecule has 9 nitrogen and oxygen atoms in total. The number of pyridine rings is 1. The first-order valence-electron chi connectivity index (χ1n) is 11.0. The second kappa shape index (κ2) is 10.5. The van der Waals surface area contributed by atoms with Crippen LogP contribution < -0.4 is 20.1 Å². The van der Waals surface area contributed by atoms with Gasteiger partial charge in [-0.25, -0.2) is 4.39 Å². The second-order valence-electron chi connectivity index (χ2n) is 8.50. The minimum atomic E-state index is -4.96. The van der Waals surface area contributed by atoms with E-state index in [-0.39, 0.29) is 16.0 Å². The van der Waals surface area contributed by atoms with E-state index in [9.17, 15) is 36.7 Å². The minimum Gasteiger partial charge on any atom is -0.618 e. The SMILES string of the molecule is CNC(=O)c1cc(NC(=O)[C@@H]2O[C@@](C)(C(F)(F)F)[C@@H](C)[C@H]2c2ccc(F)c(F)c2OCCO)cc[n+]1[O-]. The topological polar surface area (TPSA) is 124 Å². The van der Waals surface area contributed by atoms with Gasteiger partial charge in [-0.3, -0.25) is 9.59 Å². The summed E-state index contributed by atoms with van der Waals surface area (Å²) in [5.41, 5.74) is -3.66. The molecule has 0 radical (unpaired) electrons. The van der Waals surface area contributed by atoms with Crippen LogP contribution in [0.5, 0.6) is 5.75 Å². The molecule has 4 atom stereocenters. The van der Waals surface area contributed by atoms with Crippen LogP contribution in [-0.4, -0.2) is 55.1 Å². The van der Waals surface area contributed by atoms with Crippen LogP contribution in [0.15, 0.2) is 30.5 Å². The average Bonchev–Trinajstić information content (AvgIpc) is 3.12. The smallest absolute Gasteiger partial charge is 0.417 e. The summed E-state index contributed by atoms with van der Waals surface area (Å²) in [6.45, 7) is 0.787. The lowest BCUT2D eigenvalue weighted by Crippen LogP contribution is -2.47. The van der Waals surface area contributed by atoms with Gasteiger partial charge in [0, 0.05) is 36.6 Å². The lowest BCUT2D eigenvalue weighted by molar-refractivity contribution is -0.607. The molecule has 202 valence electrons. The van der Waals surface area contributed by atoms with Crippen molar-refractivity contribution >= 4 is 17.5 Å². The Labute approximate surface area is 207 Å². The molecular weight excluding hydrogens is 509 g/mol. The van der Waals surface area contributed by atoms with E-state index in [0.717, 1.165) is 38.2 Å². The maximum Gasteiger partial charge on any atom is 0.417 e. The van der Waals surface area contributed by atoms with Gasteiger partial charge in [-0.2, -0.15) is 22.3 Å². The molecule has 0 aliphatic carbocycles. The number of ether oxygens (including phenoxy) is 2. The molecule has 1 fully saturated rings. The minimum absolute atomic E-state index is 0.103. The third kappa shape index (κ3) is 5.16. The largest absolute Gasteiger partial charge is 0.618 e. The number of aliphatic hydroxyl groups excluding tert-OH is 1. The fourth-order valence-corrected chi connectivity index (χ4v) is 4.20. The molecule has 3 N–H and O–H groups in total. The van der Waals surface area contributed by atoms with Crippen molar-refractivity contribution in [2.45, 2.75) is 37.6 Å². The number of hydrogen-bond acceptors (Lipinski definition) is 6. The van der Waals surface area contributed by atoms with E-state index in [1.54, 1.807) is 0 Å². The Hall–Kier alpha value is -3.52. The molecule has 1 aromatic carbocycles. The van der Waals surface area contributed by atoms with Gasteiger partial charge in [0.1, 0.15) is 12.7 Å². The van der Waals surface area contributed by atoms with Crippen molar-refractivity contribution in [1.82, 2.24) is 5.32 Å². The van der Waals surface area contributed by atoms with Crippen molar-refractivity contribution in [3.8, 4) is 5.75 Å². The fraction of sp³-hybridized carbons (Fsp3) is 0.435. The van der Waals surface area contributed by atoms with Crippen LogP contribution in [0.25, 0.3) is 0 Å². The third-order valence-corrected chi connectivity index (χ3v) is 6.35. The van der Waals surface area contributed by atoms with Crippen molar-refractivity contribution in [2.24, 2.45) is 5.92 Å². The van der Waals surface area contributed by atoms with Gasteiger partial charge in [0.05, 0.1) is 12.3 Å². The van der Waals surface area contributed by atoms with E-state index in [0.29, 0.717) is 6.07 Å². The van der Waals surface area contributed by atoms with Crippen LogP contribution in [0.1, 0.15) is 35.8 Å². The number of rotatable bonds is 7. The number of carbonyl (C=O) groups is 2. The highest BCUT2D eigenvalue weighted by atomic mass is 19.4. The van der Waals surface area contributed by atoms with Crippen LogP contribution in [0.3, 0.4) is 0 Å². The van der Waals surface area contributed by atoms with Gasteiger partial charge in [0.25, 0.3) is 11.6 Å². The molecule has 3 rings (SSSR count). The Balaban J connectivity index is 2.08. The number of nitrogens with one attached hydrogen (secondary N) is 2. The molecule has 1 aromatic heterocycles. The normalized spacial score (nSPS) is 23.5. The number of carbonyl (C=O) groups excluding carboxylic acids is 2. The fourth-order valence-electron chi connectivity index (χ4n) is 4.20. The molecule has 0 spiro atoms. The second-order valence-corrected chi connectivity index (χ2v) is 8.50. The summed E-state index contributed by atoms with van der Waals surface area (Å²) in [6.07, 6.45) is -5.94. The number of nitrogens with zero attached hydrogens (tertiary/aromatic N) is 1. The molecule has 1 aliphatic rings. The molecule has 37 heavy (non-hydrogen) atoms. The van der Waals surface area contributed by atoms with E-state index in [1.165, 1.54) is 7.05 Å². The van der Waals surface area contributed by atoms with Crippen molar-refractivity contribution in [3.63, 3.8) is 0 Å². The van der Waals surface area contributed by atoms with Crippen molar-refractivity contribution < 1.29 is 50.9 Å². The molecular formula is C23H24F5N3O6. The van der Waals surface area contributed by atoms with Gasteiger partial charge in [-0.1, -0.05) is 13.0 Å². The molecule has 2 aromatic rings. The number of aliphatic hydroxyl groups is 1. The van der Waals surface area contributed by atoms with E-state index in [2.05, 4.69) is 10.6 Å². The summed E-state index contributed by atoms with van der Waals surface area (Å²) in [4.78, 5) is 25.1. The number of hydrogen-bond donors (Lipinski definition) is 3. The van der Waals surface area contributed by atoms with Crippen LogP contribution in [-0.2, 0) is 9.53 Å². The van der Waals surface area contributed by atoms with Crippen molar-refractivity contribution in [3.05, 3.63) is 58.6 Å². The first-order valence-corrected chi connectivity index (χ1v) is 11.0. The number of aromatic nitrogens is 1. The van der Waals surface area contributed by atoms with Crippen LogP contribution in [0.4, 0.5) is 27.6 Å².